The van der Waals surface area contributed by atoms with Crippen LogP contribution in [-0.2, 0) is 9.36 Å². The first kappa shape index (κ1) is 11.7. The molecule has 0 aromatic heterocycles. The van der Waals surface area contributed by atoms with Crippen molar-refractivity contribution in [3.8, 4) is 0 Å². The van der Waals surface area contributed by atoms with E-state index in [4.69, 9.17) is 9.79 Å². The molecule has 0 aromatic carbocycles. The van der Waals surface area contributed by atoms with E-state index in [9.17, 15) is 22.5 Å². The van der Waals surface area contributed by atoms with E-state index >= 15 is 0 Å². The molecule has 1 aliphatic rings. The summed E-state index contributed by atoms with van der Waals surface area (Å²) in [5.74, 6) is -1.40. The van der Waals surface area contributed by atoms with Gasteiger partial charge in [-0.1, -0.05) is 0 Å². The zero-order valence-electron chi connectivity index (χ0n) is 6.91. The van der Waals surface area contributed by atoms with Crippen LogP contribution in [-0.4, -0.2) is 27.9 Å². The molecule has 8 heteroatoms. The van der Waals surface area contributed by atoms with Gasteiger partial charge < -0.3 is 9.79 Å². The summed E-state index contributed by atoms with van der Waals surface area (Å²) in [5, 5.41) is 0. The van der Waals surface area contributed by atoms with E-state index in [0.29, 0.717) is 0 Å². The predicted molar refractivity (Wildman–Crippen MR) is 39.6 cm³/mol. The number of rotatable bonds is 3. The van der Waals surface area contributed by atoms with Gasteiger partial charge in [0.25, 0.3) is 0 Å². The summed E-state index contributed by atoms with van der Waals surface area (Å²) in [4.78, 5) is 27.7. The first-order valence-electron chi connectivity index (χ1n) is 3.73. The van der Waals surface area contributed by atoms with Crippen molar-refractivity contribution in [1.29, 1.82) is 0 Å². The zero-order chi connectivity index (χ0) is 11.2. The van der Waals surface area contributed by atoms with Crippen LogP contribution < -0.4 is 0 Å². The Balaban J connectivity index is 2.76. The van der Waals surface area contributed by atoms with Crippen molar-refractivity contribution in [2.24, 2.45) is 5.41 Å². The quantitative estimate of drug-likeness (QED) is 0.714. The molecule has 14 heavy (non-hydrogen) atoms. The fourth-order valence-electron chi connectivity index (χ4n) is 1.18. The standard InChI is InChI=1S/C6H8F3O4P/c7-6(8,9)5(1-2-5)4(10)3-14(11,12)13/h1-3H2,(H2,11,12,13). The Bertz CT molecular complexity index is 301. The van der Waals surface area contributed by atoms with E-state index in [1.165, 1.54) is 0 Å². The summed E-state index contributed by atoms with van der Waals surface area (Å²) >= 11 is 0. The Hall–Kier alpha value is -0.390. The lowest BCUT2D eigenvalue weighted by molar-refractivity contribution is -0.189. The van der Waals surface area contributed by atoms with E-state index in [1.54, 1.807) is 0 Å². The van der Waals surface area contributed by atoms with Crippen LogP contribution >= 0.6 is 7.60 Å². The Morgan fingerprint density at radius 1 is 1.36 bits per heavy atom. The fraction of sp³-hybridized carbons (Fsp3) is 0.833. The summed E-state index contributed by atoms with van der Waals surface area (Å²) in [6.45, 7) is 0. The minimum absolute atomic E-state index is 0.366. The summed E-state index contributed by atoms with van der Waals surface area (Å²) in [6, 6.07) is 0. The molecule has 82 valence electrons. The molecule has 1 rings (SSSR count). The zero-order valence-corrected chi connectivity index (χ0v) is 7.81. The van der Waals surface area contributed by atoms with Gasteiger partial charge in [-0.2, -0.15) is 13.2 Å². The van der Waals surface area contributed by atoms with Gasteiger partial charge in [-0.15, -0.1) is 0 Å². The highest BCUT2D eigenvalue weighted by Gasteiger charge is 2.68. The molecule has 0 aliphatic heterocycles. The second-order valence-corrected chi connectivity index (χ2v) is 4.97. The van der Waals surface area contributed by atoms with E-state index in [1.807, 2.05) is 0 Å². The fourth-order valence-corrected chi connectivity index (χ4v) is 1.86. The van der Waals surface area contributed by atoms with Crippen LogP contribution in [0.3, 0.4) is 0 Å². The number of hydrogen-bond acceptors (Lipinski definition) is 2. The predicted octanol–water partition coefficient (Wildman–Crippen LogP) is 1.08. The lowest BCUT2D eigenvalue weighted by Gasteiger charge is -2.17. The minimum Gasteiger partial charge on any atom is -0.324 e. The third-order valence-corrected chi connectivity index (χ3v) is 2.88. The minimum atomic E-state index is -4.70. The molecule has 0 aromatic rings. The lowest BCUT2D eigenvalue weighted by atomic mass is 10.0. The maximum atomic E-state index is 12.2. The first-order valence-corrected chi connectivity index (χ1v) is 5.53. The summed E-state index contributed by atoms with van der Waals surface area (Å²) in [6.07, 6.45) is -6.75. The Labute approximate surface area is 77.3 Å². The number of hydrogen-bond donors (Lipinski definition) is 2. The van der Waals surface area contributed by atoms with Gasteiger partial charge >= 0.3 is 13.8 Å². The second kappa shape index (κ2) is 3.05. The number of halogens is 3. The molecule has 0 saturated heterocycles. The van der Waals surface area contributed by atoms with E-state index in [-0.39, 0.29) is 12.8 Å². The highest BCUT2D eigenvalue weighted by molar-refractivity contribution is 7.52. The van der Waals surface area contributed by atoms with Crippen molar-refractivity contribution < 1.29 is 32.3 Å². The monoisotopic (exact) mass is 232 g/mol. The number of ketones is 1. The van der Waals surface area contributed by atoms with Gasteiger partial charge in [0.1, 0.15) is 11.6 Å². The van der Waals surface area contributed by atoms with Crippen molar-refractivity contribution in [3.63, 3.8) is 0 Å². The van der Waals surface area contributed by atoms with E-state index in [2.05, 4.69) is 0 Å². The summed E-state index contributed by atoms with van der Waals surface area (Å²) in [5.41, 5.74) is -2.48. The van der Waals surface area contributed by atoms with Crippen LogP contribution in [0.25, 0.3) is 0 Å². The maximum absolute atomic E-state index is 12.2. The van der Waals surface area contributed by atoms with Crippen LogP contribution in [0.4, 0.5) is 13.2 Å². The number of carbonyl (C=O) groups excluding carboxylic acids is 1. The molecular formula is C6H8F3O4P. The molecule has 0 atom stereocenters. The molecule has 0 unspecified atom stereocenters. The van der Waals surface area contributed by atoms with E-state index < -0.39 is 31.1 Å². The van der Waals surface area contributed by atoms with Gasteiger partial charge in [0.05, 0.1) is 0 Å². The SMILES string of the molecule is O=C(CP(=O)(O)O)C1(C(F)(F)F)CC1. The molecular weight excluding hydrogens is 224 g/mol. The third kappa shape index (κ3) is 2.16. The van der Waals surface area contributed by atoms with Gasteiger partial charge in [-0.3, -0.25) is 9.36 Å². The Kier molecular flexibility index (Phi) is 2.54. The van der Waals surface area contributed by atoms with Crippen LogP contribution in [0.5, 0.6) is 0 Å². The van der Waals surface area contributed by atoms with Crippen LogP contribution in [0.15, 0.2) is 0 Å². The van der Waals surface area contributed by atoms with Crippen molar-refractivity contribution in [3.05, 3.63) is 0 Å². The molecule has 1 fully saturated rings. The van der Waals surface area contributed by atoms with Crippen molar-refractivity contribution >= 4 is 13.4 Å². The molecule has 1 saturated carbocycles. The Morgan fingerprint density at radius 2 is 1.79 bits per heavy atom. The van der Waals surface area contributed by atoms with Gasteiger partial charge in [0.15, 0.2) is 5.78 Å². The largest absolute Gasteiger partial charge is 0.401 e. The molecule has 1 aliphatic carbocycles. The van der Waals surface area contributed by atoms with Crippen LogP contribution in [0.1, 0.15) is 12.8 Å². The van der Waals surface area contributed by atoms with Crippen molar-refractivity contribution in [2.45, 2.75) is 19.0 Å². The molecule has 4 nitrogen and oxygen atoms in total. The van der Waals surface area contributed by atoms with Crippen LogP contribution in [0.2, 0.25) is 0 Å². The average Bonchev–Trinajstić information content (AvgIpc) is 2.56. The number of Topliss-reactive ketones (excluding diaryl/α,β-unsaturated/α-hetero) is 1. The normalized spacial score (nSPS) is 20.6. The summed E-state index contributed by atoms with van der Waals surface area (Å²) in [7, 11) is -4.70. The van der Waals surface area contributed by atoms with Gasteiger partial charge in [-0.05, 0) is 12.8 Å². The van der Waals surface area contributed by atoms with Gasteiger partial charge in [0.2, 0.25) is 0 Å². The molecule has 0 heterocycles. The third-order valence-electron chi connectivity index (χ3n) is 2.18. The molecule has 0 bridgehead atoms. The highest BCUT2D eigenvalue weighted by atomic mass is 31.2. The lowest BCUT2D eigenvalue weighted by Crippen LogP contribution is -2.34. The van der Waals surface area contributed by atoms with Gasteiger partial charge in [0, 0.05) is 0 Å². The smallest absolute Gasteiger partial charge is 0.324 e. The Morgan fingerprint density at radius 3 is 2.00 bits per heavy atom. The van der Waals surface area contributed by atoms with E-state index in [0.717, 1.165) is 0 Å². The van der Waals surface area contributed by atoms with Crippen molar-refractivity contribution in [2.75, 3.05) is 6.16 Å². The second-order valence-electron chi connectivity index (χ2n) is 3.33. The molecule has 0 radical (unpaired) electrons. The van der Waals surface area contributed by atoms with Crippen LogP contribution in [0, 0.1) is 5.41 Å². The number of carbonyl (C=O) groups is 1. The molecule has 0 amide bonds. The molecule has 0 spiro atoms. The van der Waals surface area contributed by atoms with Crippen molar-refractivity contribution in [1.82, 2.24) is 0 Å². The number of alkyl halides is 3. The highest BCUT2D eigenvalue weighted by Crippen LogP contribution is 2.59. The molecule has 2 N–H and O–H groups in total. The summed E-state index contributed by atoms with van der Waals surface area (Å²) < 4.78 is 47.1. The first-order chi connectivity index (χ1) is 6.08. The average molecular weight is 232 g/mol. The van der Waals surface area contributed by atoms with Gasteiger partial charge in [-0.25, -0.2) is 0 Å². The topological polar surface area (TPSA) is 74.6 Å². The maximum Gasteiger partial charge on any atom is 0.401 e.